The third-order valence-electron chi connectivity index (χ3n) is 9.22. The van der Waals surface area contributed by atoms with Gasteiger partial charge in [0.05, 0.1) is 35.1 Å². The van der Waals surface area contributed by atoms with Crippen LogP contribution in [-0.2, 0) is 15.1 Å². The maximum absolute atomic E-state index is 13.3. The summed E-state index contributed by atoms with van der Waals surface area (Å²) < 4.78 is 56.1. The third-order valence-corrected chi connectivity index (χ3v) is 10.2. The van der Waals surface area contributed by atoms with Crippen molar-refractivity contribution in [1.29, 1.82) is 0 Å². The molecule has 4 N–H and O–H groups in total. The van der Waals surface area contributed by atoms with E-state index in [0.717, 1.165) is 52.5 Å². The van der Waals surface area contributed by atoms with Gasteiger partial charge in [0.15, 0.2) is 5.78 Å². The standard InChI is InChI=1S/C38H51F3N2O5S/c1-9-25-17-28(46-20-30(36(44)26-14-15-26)34(42)29-12-10-11-13-31(29)48-38(39,40)41)16-22(4)35(25)43-24(6)49-33-19-27(37(7,8)45)18-32(23(33)5)47-21(2)3/h10-13,18-19,21-22,25-26,28,35,43,45H,6,9,14-17,20,42H2,1-5,7-8H3/b34-30-. The molecule has 2 fully saturated rings. The van der Waals surface area contributed by atoms with E-state index in [0.29, 0.717) is 6.42 Å². The van der Waals surface area contributed by atoms with Crippen molar-refractivity contribution in [1.82, 2.24) is 5.32 Å². The first-order valence-electron chi connectivity index (χ1n) is 17.0. The van der Waals surface area contributed by atoms with Gasteiger partial charge in [0.25, 0.3) is 0 Å². The van der Waals surface area contributed by atoms with Crippen LogP contribution in [0.25, 0.3) is 5.70 Å². The van der Waals surface area contributed by atoms with Crippen molar-refractivity contribution in [2.45, 2.75) is 116 Å². The largest absolute Gasteiger partial charge is 0.573 e. The van der Waals surface area contributed by atoms with Gasteiger partial charge in [-0.1, -0.05) is 50.7 Å². The minimum atomic E-state index is -4.90. The lowest BCUT2D eigenvalue weighted by atomic mass is 9.75. The summed E-state index contributed by atoms with van der Waals surface area (Å²) in [5, 5.41) is 15.2. The zero-order chi connectivity index (χ0) is 36.3. The van der Waals surface area contributed by atoms with E-state index in [4.69, 9.17) is 15.2 Å². The van der Waals surface area contributed by atoms with Gasteiger partial charge in [-0.3, -0.25) is 4.79 Å². The second-order valence-corrected chi connectivity index (χ2v) is 15.3. The van der Waals surface area contributed by atoms with E-state index >= 15 is 0 Å². The molecule has 0 aliphatic heterocycles. The Hall–Kier alpha value is -3.15. The van der Waals surface area contributed by atoms with Crippen molar-refractivity contribution in [3.63, 3.8) is 0 Å². The lowest BCUT2D eigenvalue weighted by Gasteiger charge is -2.41. The van der Waals surface area contributed by atoms with Gasteiger partial charge in [0.2, 0.25) is 0 Å². The number of nitrogens with two attached hydrogens (primary N) is 1. The molecule has 0 radical (unpaired) electrons. The fourth-order valence-corrected chi connectivity index (χ4v) is 7.31. The Balaban J connectivity index is 1.48. The molecule has 4 rings (SSSR count). The summed E-state index contributed by atoms with van der Waals surface area (Å²) in [6, 6.07) is 9.60. The quantitative estimate of drug-likeness (QED) is 0.125. The number of ether oxygens (including phenoxy) is 3. The number of benzene rings is 2. The molecule has 2 aromatic rings. The van der Waals surface area contributed by atoms with Gasteiger partial charge in [-0.25, -0.2) is 0 Å². The van der Waals surface area contributed by atoms with E-state index < -0.39 is 17.7 Å². The monoisotopic (exact) mass is 704 g/mol. The van der Waals surface area contributed by atoms with Crippen molar-refractivity contribution in [3.8, 4) is 11.5 Å². The van der Waals surface area contributed by atoms with Gasteiger partial charge >= 0.3 is 6.36 Å². The number of halogens is 3. The Morgan fingerprint density at radius 3 is 2.41 bits per heavy atom. The summed E-state index contributed by atoms with van der Waals surface area (Å²) in [7, 11) is 0. The van der Waals surface area contributed by atoms with Crippen LogP contribution in [0.2, 0.25) is 0 Å². The van der Waals surface area contributed by atoms with Crippen LogP contribution in [0, 0.1) is 24.7 Å². The van der Waals surface area contributed by atoms with Gasteiger partial charge in [-0.15, -0.1) is 13.2 Å². The average molecular weight is 705 g/mol. The zero-order valence-electron chi connectivity index (χ0n) is 29.6. The van der Waals surface area contributed by atoms with Gasteiger partial charge in [0, 0.05) is 33.6 Å². The van der Waals surface area contributed by atoms with E-state index in [-0.39, 0.29) is 65.2 Å². The van der Waals surface area contributed by atoms with E-state index in [2.05, 4.69) is 30.5 Å². The number of hydrogen-bond acceptors (Lipinski definition) is 8. The smallest absolute Gasteiger partial charge is 0.491 e. The molecule has 49 heavy (non-hydrogen) atoms. The number of carbonyl (C=O) groups excluding carboxylic acids is 1. The van der Waals surface area contributed by atoms with Crippen LogP contribution in [0.5, 0.6) is 11.5 Å². The molecule has 0 spiro atoms. The molecule has 270 valence electrons. The lowest BCUT2D eigenvalue weighted by molar-refractivity contribution is -0.274. The summed E-state index contributed by atoms with van der Waals surface area (Å²) in [5.41, 5.74) is 7.27. The maximum Gasteiger partial charge on any atom is 0.573 e. The molecular weight excluding hydrogens is 653 g/mol. The molecule has 2 saturated carbocycles. The molecular formula is C38H51F3N2O5S. The Labute approximate surface area is 292 Å². The molecule has 2 aromatic carbocycles. The van der Waals surface area contributed by atoms with Crippen molar-refractivity contribution < 1.29 is 37.3 Å². The molecule has 0 amide bonds. The van der Waals surface area contributed by atoms with Gasteiger partial charge in [-0.05, 0) is 102 Å². The predicted octanol–water partition coefficient (Wildman–Crippen LogP) is 8.62. The first kappa shape index (κ1) is 38.6. The molecule has 0 bridgehead atoms. The number of alkyl halides is 3. The summed E-state index contributed by atoms with van der Waals surface area (Å²) in [6.07, 6.45) is -1.33. The predicted molar refractivity (Wildman–Crippen MR) is 188 cm³/mol. The zero-order valence-corrected chi connectivity index (χ0v) is 30.4. The number of aliphatic hydroxyl groups is 1. The van der Waals surface area contributed by atoms with Crippen molar-refractivity contribution in [2.75, 3.05) is 6.61 Å². The van der Waals surface area contributed by atoms with Crippen LogP contribution in [0.1, 0.15) is 90.3 Å². The van der Waals surface area contributed by atoms with Gasteiger partial charge in [-0.2, -0.15) is 0 Å². The summed E-state index contributed by atoms with van der Waals surface area (Å²) in [5.74, 6) is 0.319. The molecule has 2 aliphatic carbocycles. The van der Waals surface area contributed by atoms with E-state index in [1.165, 1.54) is 30.0 Å². The number of nitrogens with one attached hydrogen (secondary N) is 1. The maximum atomic E-state index is 13.3. The van der Waals surface area contributed by atoms with Crippen LogP contribution >= 0.6 is 11.8 Å². The fraction of sp³-hybridized carbons (Fsp3) is 0.553. The normalized spacial score (nSPS) is 22.0. The number of rotatable bonds is 15. The summed E-state index contributed by atoms with van der Waals surface area (Å²) in [6.45, 7) is 18.0. The Morgan fingerprint density at radius 2 is 1.82 bits per heavy atom. The highest BCUT2D eigenvalue weighted by molar-refractivity contribution is 8.03. The summed E-state index contributed by atoms with van der Waals surface area (Å²) >= 11 is 1.52. The van der Waals surface area contributed by atoms with Crippen LogP contribution in [-0.4, -0.2) is 42.1 Å². The second kappa shape index (κ2) is 15.8. The Morgan fingerprint density at radius 1 is 1.14 bits per heavy atom. The van der Waals surface area contributed by atoms with E-state index in [1.807, 2.05) is 32.9 Å². The van der Waals surface area contributed by atoms with E-state index in [1.54, 1.807) is 19.9 Å². The van der Waals surface area contributed by atoms with Crippen LogP contribution in [0.3, 0.4) is 0 Å². The molecule has 2 aliphatic rings. The first-order chi connectivity index (χ1) is 22.9. The number of carbonyl (C=O) groups is 1. The number of para-hydroxylation sites is 1. The molecule has 7 nitrogen and oxygen atoms in total. The minimum Gasteiger partial charge on any atom is -0.491 e. The fourth-order valence-electron chi connectivity index (χ4n) is 6.41. The SMILES string of the molecule is C=C(NC1C(C)CC(OC/C(C(=O)C2CC2)=C(/N)c2ccccc2OC(F)(F)F)CC1CC)Sc1cc(C(C)(C)O)cc(OC(C)C)c1C. The Kier molecular flexibility index (Phi) is 12.5. The average Bonchev–Trinajstić information content (AvgIpc) is 3.84. The van der Waals surface area contributed by atoms with E-state index in [9.17, 15) is 23.1 Å². The highest BCUT2D eigenvalue weighted by Crippen LogP contribution is 2.41. The highest BCUT2D eigenvalue weighted by atomic mass is 32.2. The first-order valence-corrected chi connectivity index (χ1v) is 17.9. The van der Waals surface area contributed by atoms with Crippen molar-refractivity contribution >= 4 is 23.2 Å². The topological polar surface area (TPSA) is 103 Å². The highest BCUT2D eigenvalue weighted by Gasteiger charge is 2.38. The lowest BCUT2D eigenvalue weighted by Crippen LogP contribution is -2.47. The molecule has 4 atom stereocenters. The minimum absolute atomic E-state index is 0.0161. The Bertz CT molecular complexity index is 1530. The summed E-state index contributed by atoms with van der Waals surface area (Å²) in [4.78, 5) is 14.3. The van der Waals surface area contributed by atoms with Gasteiger partial charge in [0.1, 0.15) is 11.5 Å². The number of hydrogen-bond donors (Lipinski definition) is 3. The van der Waals surface area contributed by atoms with Crippen molar-refractivity contribution in [3.05, 3.63) is 70.3 Å². The van der Waals surface area contributed by atoms with Crippen LogP contribution in [0.15, 0.2) is 58.5 Å². The molecule has 0 heterocycles. The molecule has 11 heteroatoms. The molecule has 0 saturated heterocycles. The van der Waals surface area contributed by atoms with Crippen LogP contribution in [0.4, 0.5) is 13.2 Å². The molecule has 0 aromatic heterocycles. The van der Waals surface area contributed by atoms with Crippen LogP contribution < -0.4 is 20.5 Å². The number of thioether (sulfide) groups is 1. The van der Waals surface area contributed by atoms with Crippen molar-refractivity contribution in [2.24, 2.45) is 23.5 Å². The van der Waals surface area contributed by atoms with Gasteiger partial charge < -0.3 is 30.4 Å². The molecule has 4 unspecified atom stereocenters. The number of Topliss-reactive ketones (excluding diaryl/α,β-unsaturated/α-hetero) is 1. The number of ketones is 1. The third kappa shape index (κ3) is 10.4. The second-order valence-electron chi connectivity index (χ2n) is 14.1.